The number of ether oxygens (including phenoxy) is 1. The minimum absolute atomic E-state index is 0.140. The second kappa shape index (κ2) is 5.45. The molecular formula is C10H10N2O7S. The number of aliphatic carboxylic acids is 1. The van der Waals surface area contributed by atoms with Crippen molar-refractivity contribution in [2.24, 2.45) is 0 Å². The third-order valence-corrected chi connectivity index (χ3v) is 3.47. The van der Waals surface area contributed by atoms with Gasteiger partial charge >= 0.3 is 5.97 Å². The van der Waals surface area contributed by atoms with Crippen LogP contribution in [-0.4, -0.2) is 38.6 Å². The number of fused-ring (bicyclic) bond motifs is 1. The molecule has 0 spiro atoms. The predicted molar refractivity (Wildman–Crippen MR) is 64.5 cm³/mol. The van der Waals surface area contributed by atoms with E-state index in [1.807, 2.05) is 0 Å². The van der Waals surface area contributed by atoms with Crippen LogP contribution in [0, 0.1) is 0 Å². The topological polar surface area (TPSA) is 131 Å². The summed E-state index contributed by atoms with van der Waals surface area (Å²) in [6.07, 6.45) is 0. The van der Waals surface area contributed by atoms with Crippen LogP contribution in [0.4, 0.5) is 5.69 Å². The molecule has 0 saturated heterocycles. The van der Waals surface area contributed by atoms with E-state index in [1.165, 1.54) is 18.2 Å². The van der Waals surface area contributed by atoms with Crippen LogP contribution in [-0.2, 0) is 24.4 Å². The number of hydrogen-bond donors (Lipinski definition) is 3. The molecule has 1 heterocycles. The lowest BCUT2D eigenvalue weighted by atomic mass is 10.2. The summed E-state index contributed by atoms with van der Waals surface area (Å²) < 4.78 is 28.7. The third kappa shape index (κ3) is 3.23. The summed E-state index contributed by atoms with van der Waals surface area (Å²) in [6, 6.07) is 3.79. The molecular weight excluding hydrogens is 292 g/mol. The zero-order valence-electron chi connectivity index (χ0n) is 9.95. The standard InChI is InChI=1S/C10H10N2O7S/c13-9-4-18-8-2-1-6(3-7(8)11-9)20(16,17)12-19-5-10(14)15/h1-3,12H,4-5H2,(H,11,13)(H,14,15). The average molecular weight is 302 g/mol. The summed E-state index contributed by atoms with van der Waals surface area (Å²) >= 11 is 0. The monoisotopic (exact) mass is 302 g/mol. The van der Waals surface area contributed by atoms with Crippen molar-refractivity contribution in [3.05, 3.63) is 18.2 Å². The van der Waals surface area contributed by atoms with Crippen molar-refractivity contribution in [1.82, 2.24) is 4.89 Å². The minimum atomic E-state index is -4.05. The van der Waals surface area contributed by atoms with Crippen molar-refractivity contribution in [3.63, 3.8) is 0 Å². The van der Waals surface area contributed by atoms with Crippen molar-refractivity contribution in [1.29, 1.82) is 0 Å². The Morgan fingerprint density at radius 3 is 2.95 bits per heavy atom. The van der Waals surface area contributed by atoms with Gasteiger partial charge in [0, 0.05) is 0 Å². The van der Waals surface area contributed by atoms with Gasteiger partial charge in [0.15, 0.2) is 13.2 Å². The van der Waals surface area contributed by atoms with Crippen molar-refractivity contribution in [2.75, 3.05) is 18.5 Å². The molecule has 9 nitrogen and oxygen atoms in total. The molecule has 0 saturated carbocycles. The van der Waals surface area contributed by atoms with Gasteiger partial charge in [-0.3, -0.25) is 9.63 Å². The third-order valence-electron chi connectivity index (χ3n) is 2.26. The van der Waals surface area contributed by atoms with E-state index in [-0.39, 0.29) is 17.2 Å². The van der Waals surface area contributed by atoms with Gasteiger partial charge < -0.3 is 15.2 Å². The maximum atomic E-state index is 11.8. The lowest BCUT2D eigenvalue weighted by Gasteiger charge is -2.18. The number of carbonyl (C=O) groups excluding carboxylic acids is 1. The molecule has 1 aromatic rings. The Morgan fingerprint density at radius 2 is 2.25 bits per heavy atom. The lowest BCUT2D eigenvalue weighted by Crippen LogP contribution is -2.28. The van der Waals surface area contributed by atoms with Crippen LogP contribution in [0.5, 0.6) is 5.75 Å². The van der Waals surface area contributed by atoms with Crippen molar-refractivity contribution < 1.29 is 32.7 Å². The van der Waals surface area contributed by atoms with Gasteiger partial charge in [0.25, 0.3) is 15.9 Å². The Hall–Kier alpha value is -2.17. The van der Waals surface area contributed by atoms with Crippen molar-refractivity contribution in [3.8, 4) is 5.75 Å². The van der Waals surface area contributed by atoms with E-state index in [2.05, 4.69) is 10.2 Å². The lowest BCUT2D eigenvalue weighted by molar-refractivity contribution is -0.143. The molecule has 10 heteroatoms. The summed E-state index contributed by atoms with van der Waals surface area (Å²) in [5.41, 5.74) is 0.211. The fourth-order valence-corrected chi connectivity index (χ4v) is 2.28. The number of sulfonamides is 1. The Labute approximate surface area is 113 Å². The number of benzene rings is 1. The highest BCUT2D eigenvalue weighted by Gasteiger charge is 2.21. The summed E-state index contributed by atoms with van der Waals surface area (Å²) in [4.78, 5) is 27.2. The normalized spacial score (nSPS) is 14.1. The SMILES string of the molecule is O=C(O)CONS(=O)(=O)c1ccc2c(c1)NC(=O)CO2. The van der Waals surface area contributed by atoms with E-state index < -0.39 is 28.5 Å². The number of anilines is 1. The molecule has 3 N–H and O–H groups in total. The largest absolute Gasteiger partial charge is 0.482 e. The molecule has 0 unspecified atom stereocenters. The second-order valence-electron chi connectivity index (χ2n) is 3.76. The average Bonchev–Trinajstić information content (AvgIpc) is 2.37. The number of rotatable bonds is 5. The van der Waals surface area contributed by atoms with Crippen LogP contribution in [0.3, 0.4) is 0 Å². The van der Waals surface area contributed by atoms with Gasteiger partial charge in [0.1, 0.15) is 5.75 Å². The number of amides is 1. The van der Waals surface area contributed by atoms with E-state index in [0.717, 1.165) is 0 Å². The zero-order chi connectivity index (χ0) is 14.8. The van der Waals surface area contributed by atoms with Crippen LogP contribution in [0.25, 0.3) is 0 Å². The number of nitrogens with one attached hydrogen (secondary N) is 2. The van der Waals surface area contributed by atoms with Gasteiger partial charge in [-0.15, -0.1) is 0 Å². The number of hydrogen-bond acceptors (Lipinski definition) is 6. The summed E-state index contributed by atoms with van der Waals surface area (Å²) in [5, 5.41) is 10.8. The molecule has 108 valence electrons. The first-order valence-electron chi connectivity index (χ1n) is 5.30. The maximum Gasteiger partial charge on any atom is 0.331 e. The minimum Gasteiger partial charge on any atom is -0.482 e. The van der Waals surface area contributed by atoms with Crippen LogP contribution < -0.4 is 14.9 Å². The number of carbonyl (C=O) groups is 2. The molecule has 0 aliphatic carbocycles. The molecule has 0 fully saturated rings. The van der Waals surface area contributed by atoms with Gasteiger partial charge in [-0.1, -0.05) is 4.89 Å². The molecule has 0 aromatic heterocycles. The Morgan fingerprint density at radius 1 is 1.50 bits per heavy atom. The van der Waals surface area contributed by atoms with Crippen LogP contribution >= 0.6 is 0 Å². The first-order valence-corrected chi connectivity index (χ1v) is 6.79. The van der Waals surface area contributed by atoms with E-state index in [1.54, 1.807) is 4.89 Å². The van der Waals surface area contributed by atoms with Crippen LogP contribution in [0.1, 0.15) is 0 Å². The number of carboxylic acids is 1. The molecule has 1 aliphatic rings. The maximum absolute atomic E-state index is 11.8. The molecule has 0 atom stereocenters. The Bertz CT molecular complexity index is 656. The summed E-state index contributed by atoms with van der Waals surface area (Å²) in [5.74, 6) is -1.38. The Balaban J connectivity index is 2.18. The summed E-state index contributed by atoms with van der Waals surface area (Å²) in [6.45, 7) is -0.955. The molecule has 0 radical (unpaired) electrons. The van der Waals surface area contributed by atoms with E-state index in [9.17, 15) is 18.0 Å². The zero-order valence-corrected chi connectivity index (χ0v) is 10.8. The molecule has 2 rings (SSSR count). The van der Waals surface area contributed by atoms with Crippen LogP contribution in [0.2, 0.25) is 0 Å². The number of carboxylic acid groups (broad SMARTS) is 1. The summed E-state index contributed by atoms with van der Waals surface area (Å²) in [7, 11) is -4.05. The smallest absolute Gasteiger partial charge is 0.331 e. The highest BCUT2D eigenvalue weighted by molar-refractivity contribution is 7.89. The molecule has 1 amide bonds. The van der Waals surface area contributed by atoms with Gasteiger partial charge in [0.2, 0.25) is 0 Å². The molecule has 1 aliphatic heterocycles. The van der Waals surface area contributed by atoms with Gasteiger partial charge in [0.05, 0.1) is 10.6 Å². The first kappa shape index (κ1) is 14.2. The molecule has 20 heavy (non-hydrogen) atoms. The Kier molecular flexibility index (Phi) is 3.88. The van der Waals surface area contributed by atoms with E-state index >= 15 is 0 Å². The highest BCUT2D eigenvalue weighted by Crippen LogP contribution is 2.29. The second-order valence-corrected chi connectivity index (χ2v) is 5.41. The first-order chi connectivity index (χ1) is 9.38. The fourth-order valence-electron chi connectivity index (χ4n) is 1.45. The fraction of sp³-hybridized carbons (Fsp3) is 0.200. The quantitative estimate of drug-likeness (QED) is 0.613. The van der Waals surface area contributed by atoms with E-state index in [0.29, 0.717) is 5.75 Å². The van der Waals surface area contributed by atoms with Gasteiger partial charge in [-0.05, 0) is 18.2 Å². The predicted octanol–water partition coefficient (Wildman–Crippen LogP) is -0.688. The highest BCUT2D eigenvalue weighted by atomic mass is 32.2. The van der Waals surface area contributed by atoms with Gasteiger partial charge in [-0.25, -0.2) is 13.2 Å². The van der Waals surface area contributed by atoms with Crippen molar-refractivity contribution >= 4 is 27.6 Å². The molecule has 1 aromatic carbocycles. The van der Waals surface area contributed by atoms with Crippen LogP contribution in [0.15, 0.2) is 23.1 Å². The van der Waals surface area contributed by atoms with Gasteiger partial charge in [-0.2, -0.15) is 0 Å². The van der Waals surface area contributed by atoms with Crippen molar-refractivity contribution in [2.45, 2.75) is 4.90 Å². The molecule has 0 bridgehead atoms. The van der Waals surface area contributed by atoms with E-state index in [4.69, 9.17) is 9.84 Å².